The first-order valence-corrected chi connectivity index (χ1v) is 7.78. The van der Waals surface area contributed by atoms with Crippen molar-refractivity contribution in [3.05, 3.63) is 35.4 Å². The normalized spacial score (nSPS) is 21.0. The van der Waals surface area contributed by atoms with Crippen LogP contribution in [0.2, 0.25) is 0 Å². The van der Waals surface area contributed by atoms with Gasteiger partial charge in [-0.1, -0.05) is 51.5 Å². The summed E-state index contributed by atoms with van der Waals surface area (Å²) in [5.41, 5.74) is 8.71. The van der Waals surface area contributed by atoms with Gasteiger partial charge in [-0.15, -0.1) is 24.0 Å². The summed E-state index contributed by atoms with van der Waals surface area (Å²) in [6, 6.07) is 9.46. The van der Waals surface area contributed by atoms with Gasteiger partial charge >= 0.3 is 0 Å². The fourth-order valence-electron chi connectivity index (χ4n) is 2.44. The number of rotatable bonds is 6. The molecule has 0 heterocycles. The zero-order chi connectivity index (χ0) is 14.5. The van der Waals surface area contributed by atoms with Gasteiger partial charge in [-0.3, -0.25) is 4.99 Å². The van der Waals surface area contributed by atoms with Gasteiger partial charge in [0.25, 0.3) is 0 Å². The van der Waals surface area contributed by atoms with Gasteiger partial charge in [0.1, 0.15) is 0 Å². The number of benzene rings is 1. The van der Waals surface area contributed by atoms with Crippen molar-refractivity contribution in [3.63, 3.8) is 0 Å². The monoisotopic (exact) mass is 401 g/mol. The van der Waals surface area contributed by atoms with Crippen molar-refractivity contribution < 1.29 is 0 Å². The predicted molar refractivity (Wildman–Crippen MR) is 102 cm³/mol. The molecule has 3 nitrogen and oxygen atoms in total. The molecule has 118 valence electrons. The van der Waals surface area contributed by atoms with Crippen LogP contribution in [0.4, 0.5) is 0 Å². The first-order chi connectivity index (χ1) is 9.61. The molecular formula is C17H28IN3. The highest BCUT2D eigenvalue weighted by molar-refractivity contribution is 14.0. The average Bonchev–Trinajstić information content (AvgIpc) is 3.18. The van der Waals surface area contributed by atoms with Crippen LogP contribution in [0.1, 0.15) is 63.0 Å². The molecule has 21 heavy (non-hydrogen) atoms. The smallest absolute Gasteiger partial charge is 0.188 e. The maximum absolute atomic E-state index is 5.90. The van der Waals surface area contributed by atoms with Gasteiger partial charge in [-0.25, -0.2) is 0 Å². The summed E-state index contributed by atoms with van der Waals surface area (Å²) < 4.78 is 0. The number of aliphatic imine (C=N–C) groups is 1. The molecular weight excluding hydrogens is 373 g/mol. The molecule has 1 aromatic rings. The number of nitrogens with two attached hydrogens (primary N) is 1. The van der Waals surface area contributed by atoms with Gasteiger partial charge in [-0.05, 0) is 29.9 Å². The maximum Gasteiger partial charge on any atom is 0.188 e. The summed E-state index contributed by atoms with van der Waals surface area (Å²) in [7, 11) is 0. The molecule has 2 atom stereocenters. The lowest BCUT2D eigenvalue weighted by atomic mass is 10.0. The molecule has 0 amide bonds. The van der Waals surface area contributed by atoms with E-state index in [0.717, 1.165) is 25.8 Å². The van der Waals surface area contributed by atoms with Crippen LogP contribution in [0, 0.1) is 0 Å². The molecule has 0 aromatic heterocycles. The van der Waals surface area contributed by atoms with Gasteiger partial charge in [0.15, 0.2) is 5.96 Å². The largest absolute Gasteiger partial charge is 0.370 e. The van der Waals surface area contributed by atoms with Crippen LogP contribution < -0.4 is 11.1 Å². The second kappa shape index (κ2) is 8.61. The molecule has 1 saturated carbocycles. The summed E-state index contributed by atoms with van der Waals surface area (Å²) in [6.45, 7) is 7.45. The second-order valence-electron chi connectivity index (χ2n) is 6.03. The van der Waals surface area contributed by atoms with E-state index in [-0.39, 0.29) is 24.0 Å². The predicted octanol–water partition coefficient (Wildman–Crippen LogP) is 3.99. The zero-order valence-electron chi connectivity index (χ0n) is 13.3. The van der Waals surface area contributed by atoms with Gasteiger partial charge in [-0.2, -0.15) is 0 Å². The number of nitrogens with zero attached hydrogens (tertiary/aromatic N) is 1. The van der Waals surface area contributed by atoms with Crippen molar-refractivity contribution in [1.29, 1.82) is 0 Å². The maximum atomic E-state index is 5.90. The van der Waals surface area contributed by atoms with Crippen LogP contribution in [-0.2, 0) is 0 Å². The molecule has 0 spiro atoms. The summed E-state index contributed by atoms with van der Waals surface area (Å²) in [4.78, 5) is 4.34. The first-order valence-electron chi connectivity index (χ1n) is 7.78. The van der Waals surface area contributed by atoms with Crippen molar-refractivity contribution in [2.24, 2.45) is 10.7 Å². The Morgan fingerprint density at radius 2 is 2.00 bits per heavy atom. The molecule has 3 N–H and O–H groups in total. The third-order valence-electron chi connectivity index (χ3n) is 3.95. The van der Waals surface area contributed by atoms with Crippen molar-refractivity contribution in [2.45, 2.75) is 57.9 Å². The summed E-state index contributed by atoms with van der Waals surface area (Å²) >= 11 is 0. The van der Waals surface area contributed by atoms with E-state index in [1.807, 2.05) is 0 Å². The van der Waals surface area contributed by atoms with Crippen LogP contribution in [0.15, 0.2) is 29.3 Å². The Morgan fingerprint density at radius 1 is 1.33 bits per heavy atom. The van der Waals surface area contributed by atoms with Crippen molar-refractivity contribution in [3.8, 4) is 0 Å². The molecule has 0 aliphatic heterocycles. The fraction of sp³-hybridized carbons (Fsp3) is 0.588. The van der Waals surface area contributed by atoms with E-state index >= 15 is 0 Å². The van der Waals surface area contributed by atoms with Crippen molar-refractivity contribution in [1.82, 2.24) is 5.32 Å². The van der Waals surface area contributed by atoms with Crippen LogP contribution in [0.3, 0.4) is 0 Å². The minimum Gasteiger partial charge on any atom is -0.370 e. The van der Waals surface area contributed by atoms with Gasteiger partial charge in [0, 0.05) is 18.5 Å². The highest BCUT2D eigenvalue weighted by Gasteiger charge is 2.38. The Labute approximate surface area is 145 Å². The lowest BCUT2D eigenvalue weighted by Gasteiger charge is -2.08. The van der Waals surface area contributed by atoms with Gasteiger partial charge < -0.3 is 11.1 Å². The Kier molecular flexibility index (Phi) is 7.49. The number of unbranched alkanes of at least 4 members (excludes halogenated alkanes) is 1. The van der Waals surface area contributed by atoms with Crippen molar-refractivity contribution >= 4 is 29.9 Å². The molecule has 2 rings (SSSR count). The Morgan fingerprint density at radius 3 is 2.57 bits per heavy atom. The van der Waals surface area contributed by atoms with Crippen molar-refractivity contribution in [2.75, 3.05) is 6.54 Å². The third kappa shape index (κ3) is 5.49. The number of guanidine groups is 1. The molecule has 1 aliphatic rings. The van der Waals surface area contributed by atoms with E-state index in [2.05, 4.69) is 55.3 Å². The van der Waals surface area contributed by atoms with E-state index < -0.39 is 0 Å². The molecule has 0 saturated heterocycles. The van der Waals surface area contributed by atoms with E-state index in [0.29, 0.717) is 23.8 Å². The number of nitrogens with one attached hydrogen (secondary N) is 1. The third-order valence-corrected chi connectivity index (χ3v) is 3.95. The van der Waals surface area contributed by atoms with Crippen LogP contribution in [-0.4, -0.2) is 18.5 Å². The van der Waals surface area contributed by atoms with E-state index in [1.54, 1.807) is 0 Å². The number of hydrogen-bond donors (Lipinski definition) is 2. The highest BCUT2D eigenvalue weighted by Crippen LogP contribution is 2.40. The molecule has 2 unspecified atom stereocenters. The number of hydrogen-bond acceptors (Lipinski definition) is 1. The van der Waals surface area contributed by atoms with Gasteiger partial charge in [0.05, 0.1) is 0 Å². The molecule has 1 aromatic carbocycles. The van der Waals surface area contributed by atoms with E-state index in [1.165, 1.54) is 11.1 Å². The Hall–Kier alpha value is -0.780. The van der Waals surface area contributed by atoms with Crippen LogP contribution in [0.5, 0.6) is 0 Å². The number of halogens is 1. The van der Waals surface area contributed by atoms with Crippen LogP contribution >= 0.6 is 24.0 Å². The first kappa shape index (κ1) is 18.3. The summed E-state index contributed by atoms with van der Waals surface area (Å²) in [6.07, 6.45) is 3.42. The quantitative estimate of drug-likeness (QED) is 0.328. The molecule has 1 fully saturated rings. The van der Waals surface area contributed by atoms with E-state index in [4.69, 9.17) is 5.73 Å². The zero-order valence-corrected chi connectivity index (χ0v) is 15.6. The minimum atomic E-state index is 0. The summed E-state index contributed by atoms with van der Waals surface area (Å²) in [5, 5.41) is 3.33. The second-order valence-corrected chi connectivity index (χ2v) is 6.03. The van der Waals surface area contributed by atoms with Crippen LogP contribution in [0.25, 0.3) is 0 Å². The minimum absolute atomic E-state index is 0. The lowest BCUT2D eigenvalue weighted by molar-refractivity contribution is 0.789. The highest BCUT2D eigenvalue weighted by atomic mass is 127. The standard InChI is InChI=1S/C17H27N3.HI/c1-4-5-10-19-17(18)20-16-11-15(16)14-8-6-13(7-9-14)12(2)3;/h6-9,12,15-16H,4-5,10-11H2,1-3H3,(H3,18,19,20);1H. The molecule has 1 aliphatic carbocycles. The Bertz CT molecular complexity index is 454. The lowest BCUT2D eigenvalue weighted by Crippen LogP contribution is -2.34. The summed E-state index contributed by atoms with van der Waals surface area (Å²) in [5.74, 6) is 1.79. The molecule has 0 radical (unpaired) electrons. The van der Waals surface area contributed by atoms with E-state index in [9.17, 15) is 0 Å². The average molecular weight is 401 g/mol. The topological polar surface area (TPSA) is 50.4 Å². The Balaban J connectivity index is 0.00000220. The fourth-order valence-corrected chi connectivity index (χ4v) is 2.44. The molecule has 0 bridgehead atoms. The molecule has 4 heteroatoms. The SMILES string of the molecule is CCCCN=C(N)NC1CC1c1ccc(C(C)C)cc1.I. The van der Waals surface area contributed by atoms with Gasteiger partial charge in [0.2, 0.25) is 0 Å².